The first-order valence-corrected chi connectivity index (χ1v) is 57.2. The Morgan fingerprint density at radius 2 is 0.260 bits per heavy atom. The van der Waals surface area contributed by atoms with Crippen LogP contribution in [0.2, 0.25) is 0 Å². The van der Waals surface area contributed by atoms with E-state index < -0.39 is 18.1 Å². The summed E-state index contributed by atoms with van der Waals surface area (Å²) in [5.74, 6) is 0. The predicted octanol–water partition coefficient (Wildman–Crippen LogP) is 36.4. The van der Waals surface area contributed by atoms with E-state index in [1.807, 2.05) is 0 Å². The summed E-state index contributed by atoms with van der Waals surface area (Å²) in [6.45, 7) is 96.0. The molecule has 0 radical (unpaired) electrons. The van der Waals surface area contributed by atoms with Crippen LogP contribution in [-0.2, 0) is 69.1 Å². The zero-order valence-corrected chi connectivity index (χ0v) is 92.4. The van der Waals surface area contributed by atoms with Crippen LogP contribution in [0.3, 0.4) is 0 Å². The molecular weight excluding hydrogens is 1510 g/mol. The number of hydrogen-bond acceptors (Lipinski definition) is 1. The lowest BCUT2D eigenvalue weighted by Crippen LogP contribution is -2.65. The Balaban J connectivity index is 3.25. The molecule has 1 nitrogen and oxygen atoms in total. The van der Waals surface area contributed by atoms with E-state index in [1.54, 1.807) is 87.5 Å². The first-order valence-electron chi connectivity index (χ1n) is 54.0. The van der Waals surface area contributed by atoms with Gasteiger partial charge < -0.3 is 4.12 Å². The fourth-order valence-electron chi connectivity index (χ4n) is 23.2. The molecule has 3 heteroatoms. The monoisotopic (exact) mass is 1730 g/mol. The van der Waals surface area contributed by atoms with Crippen molar-refractivity contribution in [3.63, 3.8) is 0 Å². The van der Waals surface area contributed by atoms with Crippen molar-refractivity contribution < 1.29 is 4.12 Å². The molecular formula is C120H214OSi2. The van der Waals surface area contributed by atoms with Crippen LogP contribution >= 0.6 is 0 Å². The number of hydrogen-bond donors (Lipinski definition) is 0. The lowest BCUT2D eigenvalue weighted by Gasteiger charge is -2.48. The lowest BCUT2D eigenvalue weighted by molar-refractivity contribution is 0.404. The van der Waals surface area contributed by atoms with Gasteiger partial charge in [0.15, 0.2) is 0 Å². The van der Waals surface area contributed by atoms with Gasteiger partial charge in [0.1, 0.15) is 0 Å². The van der Waals surface area contributed by atoms with E-state index in [0.717, 1.165) is 51.4 Å². The number of rotatable bonds is 66. The largest absolute Gasteiger partial charge is 0.446 e. The highest BCUT2D eigenvalue weighted by atomic mass is 28.4. The van der Waals surface area contributed by atoms with Crippen LogP contribution in [0.1, 0.15) is 624 Å². The molecule has 0 aromatic heterocycles. The maximum absolute atomic E-state index is 11.0. The zero-order chi connectivity index (χ0) is 92.7. The molecule has 0 aliphatic heterocycles. The average molecular weight is 1730 g/mol. The van der Waals surface area contributed by atoms with Crippen LogP contribution in [0.4, 0.5) is 0 Å². The molecule has 0 amide bonds. The SMILES string of the molecule is CCCCCC(C)(C)c1ccc(C(C)(C)CCCCC)c(C(C)(C)CCCCC)c1[SiH](O[SiH](c1c(C(C)(C)CCCCC)ccc(C(C)(C)CCCCC)c1C(C)(C)CCCCC)c1c(C(C)(C)CCCCC)ccc(C(C)(C)CCCCC)c1C(C)(C)CCCCC)c1c(C(C)(C)CCCCC)ccc(C(C)(C)CCCCC)c1C(C)(C)CCCCC. The van der Waals surface area contributed by atoms with Crippen LogP contribution in [0.5, 0.6) is 0 Å². The van der Waals surface area contributed by atoms with Crippen molar-refractivity contribution >= 4 is 38.8 Å². The molecule has 0 bridgehead atoms. The highest BCUT2D eigenvalue weighted by Crippen LogP contribution is 2.50. The molecule has 0 saturated carbocycles. The van der Waals surface area contributed by atoms with E-state index in [1.165, 1.54) is 257 Å². The van der Waals surface area contributed by atoms with E-state index >= 15 is 0 Å². The highest BCUT2D eigenvalue weighted by molar-refractivity contribution is 6.93. The van der Waals surface area contributed by atoms with Crippen LogP contribution < -0.4 is 20.7 Å². The van der Waals surface area contributed by atoms with Gasteiger partial charge in [0.05, 0.1) is 0 Å². The van der Waals surface area contributed by atoms with Crippen molar-refractivity contribution in [3.05, 3.63) is 115 Å². The molecule has 0 spiro atoms. The molecule has 0 N–H and O–H groups in total. The summed E-state index contributed by atoms with van der Waals surface area (Å²) in [5, 5.41) is 6.95. The summed E-state index contributed by atoms with van der Waals surface area (Å²) in [6, 6.07) is 22.9. The topological polar surface area (TPSA) is 9.23 Å². The minimum absolute atomic E-state index is 0.109. The summed E-state index contributed by atoms with van der Waals surface area (Å²) in [7, 11) is -6.68. The van der Waals surface area contributed by atoms with Gasteiger partial charge in [-0.25, -0.2) is 0 Å². The van der Waals surface area contributed by atoms with Gasteiger partial charge in [-0.15, -0.1) is 0 Å². The molecule has 0 saturated heterocycles. The smallest absolute Gasteiger partial charge is 0.229 e. The molecule has 708 valence electrons. The molecule has 4 rings (SSSR count). The zero-order valence-electron chi connectivity index (χ0n) is 90.1. The minimum atomic E-state index is -3.34. The van der Waals surface area contributed by atoms with E-state index in [-0.39, 0.29) is 65.0 Å². The molecule has 0 heterocycles. The van der Waals surface area contributed by atoms with Gasteiger partial charge in [0, 0.05) is 0 Å². The average Bonchev–Trinajstić information content (AvgIpc) is 0.703. The first kappa shape index (κ1) is 113. The summed E-state index contributed by atoms with van der Waals surface area (Å²) in [5.41, 5.74) is 18.1. The van der Waals surface area contributed by atoms with E-state index in [9.17, 15) is 4.12 Å². The summed E-state index contributed by atoms with van der Waals surface area (Å²) in [6.07, 6.45) is 58.4. The predicted molar refractivity (Wildman–Crippen MR) is 566 cm³/mol. The quantitative estimate of drug-likeness (QED) is 0.0316. The van der Waals surface area contributed by atoms with Gasteiger partial charge in [-0.3, -0.25) is 0 Å². The fourth-order valence-corrected chi connectivity index (χ4v) is 33.3. The van der Waals surface area contributed by atoms with Crippen molar-refractivity contribution in [2.24, 2.45) is 0 Å². The standard InChI is InChI=1S/C120H214OSi2/c1-37-49-61-81-109(13,14)93-73-77-97(113(21,22)85-65-53-41-5)105(101(93)117(29,30)89-69-57-45-9)122(106-98(114(23,24)86-66-54-42-6)78-74-94(110(15,16)82-62-50-38-2)102(106)118(31,32)90-70-58-46-10)121-123(107-99(115(25,26)87-67-55-43-7)79-75-95(111(17,18)83-63-51-39-3)103(107)119(33,34)91-71-59-47-11)108-100(116(27,28)88-68-56-44-8)80-76-96(112(19,20)84-64-52-40-4)104(108)120(35,36)92-72-60-48-12/h73-80,122-123H,37-72,81-92H2,1-36H3. The molecule has 0 aliphatic rings. The molecule has 4 aromatic rings. The van der Waals surface area contributed by atoms with Crippen molar-refractivity contribution in [1.82, 2.24) is 0 Å². The van der Waals surface area contributed by atoms with Crippen LogP contribution in [-0.4, -0.2) is 18.1 Å². The van der Waals surface area contributed by atoms with Crippen molar-refractivity contribution in [1.29, 1.82) is 0 Å². The van der Waals surface area contributed by atoms with E-state index in [0.29, 0.717) is 0 Å². The van der Waals surface area contributed by atoms with Gasteiger partial charge in [-0.2, -0.15) is 0 Å². The Bertz CT molecular complexity index is 3180. The van der Waals surface area contributed by atoms with Crippen LogP contribution in [0.15, 0.2) is 48.5 Å². The second-order valence-corrected chi connectivity index (χ2v) is 53.7. The molecule has 0 fully saturated rings. The Labute approximate surface area is 775 Å². The van der Waals surface area contributed by atoms with Crippen LogP contribution in [0, 0.1) is 0 Å². The normalized spacial score (nSPS) is 13.6. The number of benzene rings is 4. The van der Waals surface area contributed by atoms with E-state index in [2.05, 4.69) is 298 Å². The van der Waals surface area contributed by atoms with E-state index in [4.69, 9.17) is 0 Å². The second kappa shape index (κ2) is 51.3. The van der Waals surface area contributed by atoms with Gasteiger partial charge in [-0.1, -0.05) is 529 Å². The number of unbranched alkanes of at least 4 members (excludes halogenated alkanes) is 24. The Morgan fingerprint density at radius 1 is 0.154 bits per heavy atom. The Morgan fingerprint density at radius 3 is 0.382 bits per heavy atom. The second-order valence-electron chi connectivity index (χ2n) is 48.8. The minimum Gasteiger partial charge on any atom is -0.446 e. The fraction of sp³-hybridized carbons (Fsp3) is 0.800. The molecule has 0 atom stereocenters. The summed E-state index contributed by atoms with van der Waals surface area (Å²) in [4.78, 5) is 0. The molecule has 0 unspecified atom stereocenters. The summed E-state index contributed by atoms with van der Waals surface area (Å²) >= 11 is 0. The van der Waals surface area contributed by atoms with Gasteiger partial charge in [0.2, 0.25) is 18.1 Å². The Hall–Kier alpha value is -2.73. The van der Waals surface area contributed by atoms with Crippen molar-refractivity contribution in [2.45, 2.75) is 622 Å². The Kier molecular flexibility index (Phi) is 47.0. The summed E-state index contributed by atoms with van der Waals surface area (Å²) < 4.78 is 11.0. The van der Waals surface area contributed by atoms with Gasteiger partial charge in [0.25, 0.3) is 0 Å². The van der Waals surface area contributed by atoms with Gasteiger partial charge in [-0.05, 0) is 230 Å². The first-order chi connectivity index (χ1) is 57.6. The highest BCUT2D eigenvalue weighted by Gasteiger charge is 2.51. The van der Waals surface area contributed by atoms with Crippen LogP contribution in [0.25, 0.3) is 0 Å². The maximum Gasteiger partial charge on any atom is 0.229 e. The van der Waals surface area contributed by atoms with Crippen molar-refractivity contribution in [3.8, 4) is 0 Å². The van der Waals surface area contributed by atoms with Gasteiger partial charge >= 0.3 is 0 Å². The molecule has 0 aliphatic carbocycles. The third kappa shape index (κ3) is 31.2. The molecule has 123 heavy (non-hydrogen) atoms. The lowest BCUT2D eigenvalue weighted by atomic mass is 9.67. The third-order valence-electron chi connectivity index (χ3n) is 31.7. The third-order valence-corrected chi connectivity index (χ3v) is 38.4. The molecule has 4 aromatic carbocycles. The van der Waals surface area contributed by atoms with Crippen molar-refractivity contribution in [2.75, 3.05) is 0 Å². The maximum atomic E-state index is 11.0.